The van der Waals surface area contributed by atoms with E-state index in [4.69, 9.17) is 4.42 Å². The summed E-state index contributed by atoms with van der Waals surface area (Å²) in [4.78, 5) is 0. The van der Waals surface area contributed by atoms with Crippen molar-refractivity contribution in [3.63, 3.8) is 0 Å². The van der Waals surface area contributed by atoms with E-state index in [9.17, 15) is 0 Å². The first kappa shape index (κ1) is 17.1. The van der Waals surface area contributed by atoms with Gasteiger partial charge < -0.3 is 4.42 Å². The van der Waals surface area contributed by atoms with Crippen LogP contribution in [0.4, 0.5) is 0 Å². The predicted molar refractivity (Wildman–Crippen MR) is 126 cm³/mol. The van der Waals surface area contributed by atoms with Crippen molar-refractivity contribution in [3.05, 3.63) is 120 Å². The molecule has 0 spiro atoms. The van der Waals surface area contributed by atoms with Crippen LogP contribution in [0.2, 0.25) is 0 Å². The fourth-order valence-electron chi connectivity index (χ4n) is 4.30. The summed E-state index contributed by atoms with van der Waals surface area (Å²) in [6, 6.07) is 38.8. The van der Waals surface area contributed by atoms with Gasteiger partial charge in [-0.15, -0.1) is 0 Å². The average Bonchev–Trinajstić information content (AvgIpc) is 3.15. The first-order chi connectivity index (χ1) is 14.8. The second-order valence-electron chi connectivity index (χ2n) is 7.87. The lowest BCUT2D eigenvalue weighted by Gasteiger charge is -2.05. The Morgan fingerprint density at radius 3 is 1.90 bits per heavy atom. The van der Waals surface area contributed by atoms with Gasteiger partial charge in [-0.2, -0.15) is 0 Å². The molecule has 0 bridgehead atoms. The highest BCUT2D eigenvalue weighted by atomic mass is 16.3. The van der Waals surface area contributed by atoms with Gasteiger partial charge in [0.2, 0.25) is 0 Å². The third-order valence-corrected chi connectivity index (χ3v) is 5.87. The zero-order valence-electron chi connectivity index (χ0n) is 16.5. The number of hydrogen-bond donors (Lipinski definition) is 0. The summed E-state index contributed by atoms with van der Waals surface area (Å²) >= 11 is 0. The van der Waals surface area contributed by atoms with Crippen LogP contribution >= 0.6 is 0 Å². The molecule has 1 nitrogen and oxygen atoms in total. The molecule has 6 aromatic rings. The Bertz CT molecular complexity index is 1490. The molecule has 1 aromatic heterocycles. The Morgan fingerprint density at radius 1 is 0.467 bits per heavy atom. The summed E-state index contributed by atoms with van der Waals surface area (Å²) in [7, 11) is 0. The molecule has 0 unspecified atom stereocenters. The highest BCUT2D eigenvalue weighted by molar-refractivity contribution is 6.10. The van der Waals surface area contributed by atoms with Gasteiger partial charge in [0.15, 0.2) is 0 Å². The molecule has 6 rings (SSSR count). The Hall–Kier alpha value is -3.84. The SMILES string of the molecule is c1ccc(-c2ccc(Cc3ccc4oc5cc6ccccc6cc5c4c3)cc2)cc1. The molecule has 5 aromatic carbocycles. The first-order valence-electron chi connectivity index (χ1n) is 10.3. The smallest absolute Gasteiger partial charge is 0.136 e. The van der Waals surface area contributed by atoms with Crippen LogP contribution in [0.5, 0.6) is 0 Å². The second kappa shape index (κ2) is 6.89. The number of fused-ring (bicyclic) bond motifs is 4. The highest BCUT2D eigenvalue weighted by Crippen LogP contribution is 2.33. The van der Waals surface area contributed by atoms with Crippen molar-refractivity contribution in [1.82, 2.24) is 0 Å². The monoisotopic (exact) mass is 384 g/mol. The molecule has 0 aliphatic heterocycles. The molecular weight excluding hydrogens is 364 g/mol. The van der Waals surface area contributed by atoms with Crippen molar-refractivity contribution in [2.45, 2.75) is 6.42 Å². The number of rotatable bonds is 3. The van der Waals surface area contributed by atoms with Gasteiger partial charge >= 0.3 is 0 Å². The molecule has 0 amide bonds. The number of furan rings is 1. The van der Waals surface area contributed by atoms with Gasteiger partial charge in [0.1, 0.15) is 11.2 Å². The van der Waals surface area contributed by atoms with Gasteiger partial charge in [-0.05, 0) is 63.7 Å². The second-order valence-corrected chi connectivity index (χ2v) is 7.87. The van der Waals surface area contributed by atoms with E-state index in [1.807, 2.05) is 0 Å². The van der Waals surface area contributed by atoms with Gasteiger partial charge in [-0.25, -0.2) is 0 Å². The molecule has 1 heterocycles. The molecule has 0 radical (unpaired) electrons. The molecule has 0 saturated heterocycles. The Kier molecular flexibility index (Phi) is 3.92. The van der Waals surface area contributed by atoms with Gasteiger partial charge in [0.05, 0.1) is 0 Å². The molecule has 0 atom stereocenters. The fourth-order valence-corrected chi connectivity index (χ4v) is 4.30. The Morgan fingerprint density at radius 2 is 1.10 bits per heavy atom. The molecular formula is C29H20O. The summed E-state index contributed by atoms with van der Waals surface area (Å²) in [5.74, 6) is 0. The minimum Gasteiger partial charge on any atom is -0.456 e. The molecule has 1 heteroatoms. The fraction of sp³-hybridized carbons (Fsp3) is 0.0345. The van der Waals surface area contributed by atoms with Crippen molar-refractivity contribution < 1.29 is 4.42 Å². The zero-order valence-corrected chi connectivity index (χ0v) is 16.5. The quantitative estimate of drug-likeness (QED) is 0.301. The summed E-state index contributed by atoms with van der Waals surface area (Å²) < 4.78 is 6.13. The van der Waals surface area contributed by atoms with Crippen LogP contribution < -0.4 is 0 Å². The zero-order chi connectivity index (χ0) is 19.9. The van der Waals surface area contributed by atoms with Crippen molar-refractivity contribution in [2.24, 2.45) is 0 Å². The first-order valence-corrected chi connectivity index (χ1v) is 10.3. The van der Waals surface area contributed by atoms with Crippen molar-refractivity contribution >= 4 is 32.7 Å². The van der Waals surface area contributed by atoms with E-state index >= 15 is 0 Å². The van der Waals surface area contributed by atoms with E-state index in [0.29, 0.717) is 0 Å². The van der Waals surface area contributed by atoms with Crippen LogP contribution in [-0.2, 0) is 6.42 Å². The Balaban J connectivity index is 1.36. The van der Waals surface area contributed by atoms with Crippen molar-refractivity contribution in [3.8, 4) is 11.1 Å². The Labute approximate surface area is 175 Å². The molecule has 0 aliphatic carbocycles. The minimum absolute atomic E-state index is 0.908. The molecule has 0 aliphatic rings. The summed E-state index contributed by atoms with van der Waals surface area (Å²) in [5.41, 5.74) is 7.01. The molecule has 0 fully saturated rings. The van der Waals surface area contributed by atoms with E-state index in [2.05, 4.69) is 109 Å². The van der Waals surface area contributed by atoms with Gasteiger partial charge in [0.25, 0.3) is 0 Å². The van der Waals surface area contributed by atoms with Crippen LogP contribution in [0.25, 0.3) is 43.8 Å². The van der Waals surface area contributed by atoms with E-state index < -0.39 is 0 Å². The molecule has 0 N–H and O–H groups in total. The lowest BCUT2D eigenvalue weighted by atomic mass is 9.99. The molecule has 30 heavy (non-hydrogen) atoms. The average molecular weight is 384 g/mol. The van der Waals surface area contributed by atoms with Crippen LogP contribution in [0, 0.1) is 0 Å². The van der Waals surface area contributed by atoms with Crippen LogP contribution in [-0.4, -0.2) is 0 Å². The van der Waals surface area contributed by atoms with E-state index in [1.54, 1.807) is 0 Å². The lowest BCUT2D eigenvalue weighted by molar-refractivity contribution is 0.669. The molecule has 0 saturated carbocycles. The predicted octanol–water partition coefficient (Wildman–Crippen LogP) is 8.00. The topological polar surface area (TPSA) is 13.1 Å². The van der Waals surface area contributed by atoms with Crippen LogP contribution in [0.1, 0.15) is 11.1 Å². The third-order valence-electron chi connectivity index (χ3n) is 5.87. The van der Waals surface area contributed by atoms with Crippen molar-refractivity contribution in [2.75, 3.05) is 0 Å². The van der Waals surface area contributed by atoms with Crippen LogP contribution in [0.15, 0.2) is 114 Å². The van der Waals surface area contributed by atoms with Crippen LogP contribution in [0.3, 0.4) is 0 Å². The van der Waals surface area contributed by atoms with Gasteiger partial charge in [0, 0.05) is 10.8 Å². The third kappa shape index (κ3) is 2.96. The summed E-state index contributed by atoms with van der Waals surface area (Å²) in [6.45, 7) is 0. The summed E-state index contributed by atoms with van der Waals surface area (Å²) in [5, 5.41) is 4.83. The highest BCUT2D eigenvalue weighted by Gasteiger charge is 2.09. The maximum absolute atomic E-state index is 6.13. The van der Waals surface area contributed by atoms with E-state index in [-0.39, 0.29) is 0 Å². The van der Waals surface area contributed by atoms with Gasteiger partial charge in [-0.1, -0.05) is 84.9 Å². The minimum atomic E-state index is 0.908. The normalized spacial score (nSPS) is 11.5. The standard InChI is InChI=1S/C29H20O/c1-2-6-22(7-3-1)23-13-10-20(11-14-23)16-21-12-15-28-26(17-21)27-18-24-8-4-5-9-25(24)19-29(27)30-28/h1-15,17-19H,16H2. The molecule has 142 valence electrons. The largest absolute Gasteiger partial charge is 0.456 e. The van der Waals surface area contributed by atoms with E-state index in [0.717, 1.165) is 17.6 Å². The maximum Gasteiger partial charge on any atom is 0.136 e. The van der Waals surface area contributed by atoms with Gasteiger partial charge in [-0.3, -0.25) is 0 Å². The van der Waals surface area contributed by atoms with Crippen molar-refractivity contribution in [1.29, 1.82) is 0 Å². The number of hydrogen-bond acceptors (Lipinski definition) is 1. The summed E-state index contributed by atoms with van der Waals surface area (Å²) in [6.07, 6.45) is 0.908. The van der Waals surface area contributed by atoms with E-state index in [1.165, 1.54) is 43.8 Å². The maximum atomic E-state index is 6.13. The number of benzene rings is 5. The lowest BCUT2D eigenvalue weighted by Crippen LogP contribution is -1.88.